The summed E-state index contributed by atoms with van der Waals surface area (Å²) in [6.45, 7) is 9.47. The number of halogens is 3. The molecule has 0 unspecified atom stereocenters. The maximum atomic E-state index is 12.7. The van der Waals surface area contributed by atoms with Crippen LogP contribution < -0.4 is 14.4 Å². The van der Waals surface area contributed by atoms with Gasteiger partial charge in [0.2, 0.25) is 0 Å². The molecule has 1 aromatic heterocycles. The zero-order chi connectivity index (χ0) is 28.6. The molecule has 1 aromatic carbocycles. The van der Waals surface area contributed by atoms with Gasteiger partial charge in [0.25, 0.3) is 10.0 Å². The number of methoxy groups -OCH3 is 1. The number of sulfonamides is 1. The van der Waals surface area contributed by atoms with Gasteiger partial charge in [-0.25, -0.2) is 23.0 Å². The number of hydrogen-bond acceptors (Lipinski definition) is 7. The van der Waals surface area contributed by atoms with Crippen molar-refractivity contribution in [1.82, 2.24) is 4.98 Å². The summed E-state index contributed by atoms with van der Waals surface area (Å²) in [4.78, 5) is 27.1. The molecule has 206 valence electrons. The highest BCUT2D eigenvalue weighted by molar-refractivity contribution is 7.92. The Balaban J connectivity index is 0.000000856. The molecule has 0 fully saturated rings. The summed E-state index contributed by atoms with van der Waals surface area (Å²) in [5, 5.41) is 16.8. The maximum Gasteiger partial charge on any atom is 0.490 e. The molecule has 0 amide bonds. The van der Waals surface area contributed by atoms with Crippen molar-refractivity contribution in [3.63, 3.8) is 0 Å². The molecule has 0 spiro atoms. The number of carbonyl (C=O) groups is 2. The third-order valence-electron chi connectivity index (χ3n) is 4.43. The van der Waals surface area contributed by atoms with Gasteiger partial charge in [-0.05, 0) is 42.2 Å². The largest absolute Gasteiger partial charge is 0.497 e. The summed E-state index contributed by atoms with van der Waals surface area (Å²) in [7, 11) is -2.41. The van der Waals surface area contributed by atoms with E-state index in [1.807, 2.05) is 32.6 Å². The third kappa shape index (κ3) is 10.1. The molecule has 0 bridgehead atoms. The van der Waals surface area contributed by atoms with Gasteiger partial charge in [-0.2, -0.15) is 13.2 Å². The highest BCUT2D eigenvalue weighted by Gasteiger charge is 2.38. The van der Waals surface area contributed by atoms with E-state index >= 15 is 0 Å². The number of aromatic nitrogens is 1. The van der Waals surface area contributed by atoms with Crippen molar-refractivity contribution in [2.75, 3.05) is 29.8 Å². The van der Waals surface area contributed by atoms with E-state index in [4.69, 9.17) is 14.6 Å². The van der Waals surface area contributed by atoms with E-state index in [1.165, 1.54) is 43.6 Å². The zero-order valence-corrected chi connectivity index (χ0v) is 21.7. The van der Waals surface area contributed by atoms with Crippen LogP contribution in [0, 0.1) is 11.8 Å². The van der Waals surface area contributed by atoms with E-state index in [1.54, 1.807) is 0 Å². The maximum absolute atomic E-state index is 12.7. The molecule has 2 rings (SSSR count). The third-order valence-corrected chi connectivity index (χ3v) is 5.83. The molecule has 0 aliphatic carbocycles. The number of pyridine rings is 1. The number of ether oxygens (including phenoxy) is 1. The summed E-state index contributed by atoms with van der Waals surface area (Å²) in [5.74, 6) is -2.45. The summed E-state index contributed by atoms with van der Waals surface area (Å²) >= 11 is 0. The average Bonchev–Trinajstić information content (AvgIpc) is 2.77. The smallest absolute Gasteiger partial charge is 0.490 e. The summed E-state index contributed by atoms with van der Waals surface area (Å²) < 4.78 is 64.5. The van der Waals surface area contributed by atoms with Gasteiger partial charge in [0.05, 0.1) is 23.9 Å². The monoisotopic (exact) mass is 549 g/mol. The van der Waals surface area contributed by atoms with Crippen LogP contribution in [-0.2, 0) is 14.8 Å². The fraction of sp³-hybridized carbons (Fsp3) is 0.435. The first-order valence-corrected chi connectivity index (χ1v) is 12.4. The molecule has 0 atom stereocenters. The Morgan fingerprint density at radius 2 is 1.54 bits per heavy atom. The fourth-order valence-electron chi connectivity index (χ4n) is 3.02. The second-order valence-electron chi connectivity index (χ2n) is 8.68. The van der Waals surface area contributed by atoms with Gasteiger partial charge in [0.15, 0.2) is 0 Å². The Labute approximate surface area is 213 Å². The van der Waals surface area contributed by atoms with Gasteiger partial charge in [0.1, 0.15) is 17.1 Å². The molecule has 37 heavy (non-hydrogen) atoms. The lowest BCUT2D eigenvalue weighted by Crippen LogP contribution is -2.33. The van der Waals surface area contributed by atoms with Crippen molar-refractivity contribution in [3.05, 3.63) is 42.1 Å². The van der Waals surface area contributed by atoms with Crippen LogP contribution in [0.3, 0.4) is 0 Å². The van der Waals surface area contributed by atoms with Gasteiger partial charge >= 0.3 is 18.1 Å². The molecule has 0 saturated heterocycles. The Bertz CT molecular complexity index is 1160. The Kier molecular flexibility index (Phi) is 11.2. The summed E-state index contributed by atoms with van der Waals surface area (Å²) in [6, 6.07) is 7.20. The minimum Gasteiger partial charge on any atom is -0.497 e. The topological polar surface area (TPSA) is 146 Å². The van der Waals surface area contributed by atoms with Gasteiger partial charge < -0.3 is 19.8 Å². The van der Waals surface area contributed by atoms with Crippen LogP contribution >= 0.6 is 0 Å². The minimum absolute atomic E-state index is 0.0329. The molecule has 1 heterocycles. The van der Waals surface area contributed by atoms with Gasteiger partial charge in [-0.3, -0.25) is 4.72 Å². The number of alkyl halides is 3. The van der Waals surface area contributed by atoms with Crippen LogP contribution in [0.5, 0.6) is 5.75 Å². The summed E-state index contributed by atoms with van der Waals surface area (Å²) in [6.07, 6.45) is -3.74. The highest BCUT2D eigenvalue weighted by atomic mass is 32.2. The highest BCUT2D eigenvalue weighted by Crippen LogP contribution is 2.25. The number of carboxylic acids is 2. The quantitative estimate of drug-likeness (QED) is 0.394. The molecule has 14 heteroatoms. The lowest BCUT2D eigenvalue weighted by atomic mass is 10.1. The lowest BCUT2D eigenvalue weighted by molar-refractivity contribution is -0.192. The molecule has 0 aliphatic heterocycles. The van der Waals surface area contributed by atoms with Crippen LogP contribution in [-0.4, -0.2) is 61.9 Å². The zero-order valence-electron chi connectivity index (χ0n) is 20.9. The van der Waals surface area contributed by atoms with E-state index in [2.05, 4.69) is 9.71 Å². The average molecular weight is 550 g/mol. The second kappa shape index (κ2) is 13.1. The van der Waals surface area contributed by atoms with Crippen molar-refractivity contribution in [2.24, 2.45) is 11.8 Å². The second-order valence-corrected chi connectivity index (χ2v) is 10.4. The number of aromatic carboxylic acids is 1. The van der Waals surface area contributed by atoms with E-state index in [-0.39, 0.29) is 16.1 Å². The number of nitrogens with zero attached hydrogens (tertiary/aromatic N) is 2. The predicted octanol–water partition coefficient (Wildman–Crippen LogP) is 4.34. The van der Waals surface area contributed by atoms with Crippen molar-refractivity contribution in [1.29, 1.82) is 0 Å². The molecule has 3 N–H and O–H groups in total. The molecule has 2 aromatic rings. The molecule has 0 saturated carbocycles. The standard InChI is InChI=1S/C21H29N3O5S.C2HF3O2/c1-14(2)12-24(13-15(3)4)20-19(21(25)26)10-16(11-22-20)23-30(27,28)18-8-6-17(29-5)7-9-18;3-2(4,5)1(6)7/h6-11,14-15,23H,12-13H2,1-5H3,(H,25,26);(H,6,7). The molecule has 0 aliphatic rings. The number of rotatable bonds is 10. The van der Waals surface area contributed by atoms with Crippen LogP contribution in [0.4, 0.5) is 24.7 Å². The molecule has 10 nitrogen and oxygen atoms in total. The van der Waals surface area contributed by atoms with E-state index in [9.17, 15) is 31.5 Å². The number of nitrogens with one attached hydrogen (secondary N) is 1. The van der Waals surface area contributed by atoms with Crippen LogP contribution in [0.1, 0.15) is 38.1 Å². The first kappa shape index (κ1) is 31.5. The number of aliphatic carboxylic acids is 1. The van der Waals surface area contributed by atoms with Crippen LogP contribution in [0.25, 0.3) is 0 Å². The SMILES string of the molecule is COc1ccc(S(=O)(=O)Nc2cnc(N(CC(C)C)CC(C)C)c(C(=O)O)c2)cc1.O=C(O)C(F)(F)F. The van der Waals surface area contributed by atoms with Crippen LogP contribution in [0.15, 0.2) is 41.4 Å². The van der Waals surface area contributed by atoms with Crippen LogP contribution in [0.2, 0.25) is 0 Å². The van der Waals surface area contributed by atoms with Crippen molar-refractivity contribution in [2.45, 2.75) is 38.8 Å². The number of benzene rings is 1. The number of anilines is 2. The fourth-order valence-corrected chi connectivity index (χ4v) is 4.05. The lowest BCUT2D eigenvalue weighted by Gasteiger charge is -2.28. The van der Waals surface area contributed by atoms with Crippen molar-refractivity contribution in [3.8, 4) is 5.75 Å². The Hall–Kier alpha value is -3.55. The Morgan fingerprint density at radius 1 is 1.05 bits per heavy atom. The number of hydrogen-bond donors (Lipinski definition) is 3. The minimum atomic E-state index is -5.08. The molecule has 0 radical (unpaired) electrons. The molecular formula is C23H30F3N3O7S. The van der Waals surface area contributed by atoms with Gasteiger partial charge in [0, 0.05) is 13.1 Å². The summed E-state index contributed by atoms with van der Waals surface area (Å²) in [5.41, 5.74) is 0.0345. The Morgan fingerprint density at radius 3 is 1.92 bits per heavy atom. The van der Waals surface area contributed by atoms with Gasteiger partial charge in [-0.15, -0.1) is 0 Å². The molecular weight excluding hydrogens is 519 g/mol. The predicted molar refractivity (Wildman–Crippen MR) is 131 cm³/mol. The van der Waals surface area contributed by atoms with Gasteiger partial charge in [-0.1, -0.05) is 27.7 Å². The van der Waals surface area contributed by atoms with Crippen molar-refractivity contribution >= 4 is 33.5 Å². The van der Waals surface area contributed by atoms with E-state index in [0.717, 1.165) is 0 Å². The number of carboxylic acid groups (broad SMARTS) is 2. The normalized spacial score (nSPS) is 11.5. The first-order chi connectivity index (χ1) is 17.0. The van der Waals surface area contributed by atoms with E-state index in [0.29, 0.717) is 36.5 Å². The van der Waals surface area contributed by atoms with E-state index < -0.39 is 28.1 Å². The first-order valence-electron chi connectivity index (χ1n) is 10.9. The van der Waals surface area contributed by atoms with Crippen molar-refractivity contribution < 1.29 is 46.1 Å².